The van der Waals surface area contributed by atoms with Gasteiger partial charge < -0.3 is 15.2 Å². The molecular formula is C11H21NO2S. The molecule has 2 fully saturated rings. The van der Waals surface area contributed by atoms with Gasteiger partial charge in [0.25, 0.3) is 0 Å². The van der Waals surface area contributed by atoms with Crippen LogP contribution in [0, 0.1) is 0 Å². The van der Waals surface area contributed by atoms with Gasteiger partial charge in [0.05, 0.1) is 12.2 Å². The van der Waals surface area contributed by atoms with Gasteiger partial charge in [0.15, 0.2) is 0 Å². The minimum atomic E-state index is 0.0459. The average Bonchev–Trinajstić information content (AvgIpc) is 2.66. The Kier molecular flexibility index (Phi) is 3.93. The summed E-state index contributed by atoms with van der Waals surface area (Å²) in [5.41, 5.74) is 5.70. The lowest BCUT2D eigenvalue weighted by Crippen LogP contribution is -2.42. The van der Waals surface area contributed by atoms with Crippen molar-refractivity contribution >= 4 is 11.8 Å². The predicted octanol–water partition coefficient (Wildman–Crippen LogP) is 1.40. The number of ether oxygens (including phenoxy) is 2. The van der Waals surface area contributed by atoms with E-state index in [1.54, 1.807) is 0 Å². The van der Waals surface area contributed by atoms with Crippen LogP contribution in [0.15, 0.2) is 0 Å². The highest BCUT2D eigenvalue weighted by atomic mass is 32.2. The van der Waals surface area contributed by atoms with Crippen molar-refractivity contribution in [3.8, 4) is 0 Å². The smallest absolute Gasteiger partial charge is 0.0947 e. The monoisotopic (exact) mass is 231 g/mol. The summed E-state index contributed by atoms with van der Waals surface area (Å²) < 4.78 is 11.4. The van der Waals surface area contributed by atoms with E-state index in [0.717, 1.165) is 45.6 Å². The zero-order chi connectivity index (χ0) is 10.7. The lowest BCUT2D eigenvalue weighted by atomic mass is 9.93. The lowest BCUT2D eigenvalue weighted by Gasteiger charge is -2.37. The van der Waals surface area contributed by atoms with Crippen molar-refractivity contribution < 1.29 is 9.47 Å². The number of hydrogen-bond donors (Lipinski definition) is 1. The first kappa shape index (κ1) is 11.7. The van der Waals surface area contributed by atoms with E-state index in [4.69, 9.17) is 15.2 Å². The minimum Gasteiger partial charge on any atom is -0.378 e. The van der Waals surface area contributed by atoms with Crippen LogP contribution in [-0.4, -0.2) is 42.5 Å². The second-order valence-electron chi connectivity index (χ2n) is 4.63. The quantitative estimate of drug-likeness (QED) is 0.797. The Morgan fingerprint density at radius 3 is 3.07 bits per heavy atom. The van der Waals surface area contributed by atoms with Crippen LogP contribution in [-0.2, 0) is 9.47 Å². The third-order valence-electron chi connectivity index (χ3n) is 3.27. The molecule has 0 aliphatic carbocycles. The average molecular weight is 231 g/mol. The van der Waals surface area contributed by atoms with Gasteiger partial charge in [0.1, 0.15) is 0 Å². The molecule has 15 heavy (non-hydrogen) atoms. The summed E-state index contributed by atoms with van der Waals surface area (Å²) in [6.45, 7) is 5.52. The second-order valence-corrected chi connectivity index (χ2v) is 6.37. The molecule has 2 aliphatic heterocycles. The summed E-state index contributed by atoms with van der Waals surface area (Å²) in [7, 11) is 0. The molecule has 0 saturated carbocycles. The highest BCUT2D eigenvalue weighted by molar-refractivity contribution is 8.00. The summed E-state index contributed by atoms with van der Waals surface area (Å²) in [6.07, 6.45) is 3.37. The Labute approximate surface area is 96.1 Å². The Balaban J connectivity index is 1.86. The molecule has 0 aromatic carbocycles. The zero-order valence-corrected chi connectivity index (χ0v) is 10.2. The van der Waals surface area contributed by atoms with E-state index in [1.807, 2.05) is 11.8 Å². The van der Waals surface area contributed by atoms with Crippen molar-refractivity contribution in [2.75, 3.05) is 26.4 Å². The lowest BCUT2D eigenvalue weighted by molar-refractivity contribution is -0.0770. The van der Waals surface area contributed by atoms with Gasteiger partial charge >= 0.3 is 0 Å². The van der Waals surface area contributed by atoms with Gasteiger partial charge in [0, 0.05) is 36.7 Å². The molecule has 2 aliphatic rings. The fourth-order valence-electron chi connectivity index (χ4n) is 2.35. The Morgan fingerprint density at radius 2 is 2.40 bits per heavy atom. The first-order valence-electron chi connectivity index (χ1n) is 5.81. The third-order valence-corrected chi connectivity index (χ3v) is 4.72. The Morgan fingerprint density at radius 1 is 1.53 bits per heavy atom. The van der Waals surface area contributed by atoms with Crippen LogP contribution in [0.2, 0.25) is 0 Å². The van der Waals surface area contributed by atoms with Crippen LogP contribution in [0.3, 0.4) is 0 Å². The van der Waals surface area contributed by atoms with E-state index >= 15 is 0 Å². The van der Waals surface area contributed by atoms with Crippen molar-refractivity contribution in [3.05, 3.63) is 0 Å². The molecule has 1 spiro atoms. The van der Waals surface area contributed by atoms with E-state index < -0.39 is 0 Å². The maximum atomic E-state index is 5.90. The van der Waals surface area contributed by atoms with Crippen LogP contribution < -0.4 is 5.73 Å². The third kappa shape index (κ3) is 2.87. The van der Waals surface area contributed by atoms with Gasteiger partial charge in [-0.2, -0.15) is 11.8 Å². The number of hydrogen-bond acceptors (Lipinski definition) is 4. The van der Waals surface area contributed by atoms with Crippen molar-refractivity contribution in [2.24, 2.45) is 5.73 Å². The SMILES string of the molecule is CC(CN)SC1CCOC2(CCOC2)C1. The maximum absolute atomic E-state index is 5.90. The molecule has 0 radical (unpaired) electrons. The molecule has 3 unspecified atom stereocenters. The molecule has 4 heteroatoms. The minimum absolute atomic E-state index is 0.0459. The van der Waals surface area contributed by atoms with Crippen LogP contribution in [0.1, 0.15) is 26.2 Å². The molecule has 2 heterocycles. The Bertz CT molecular complexity index is 207. The fraction of sp³-hybridized carbons (Fsp3) is 1.00. The van der Waals surface area contributed by atoms with Crippen molar-refractivity contribution in [1.82, 2.24) is 0 Å². The standard InChI is InChI=1S/C11H21NO2S/c1-9(7-12)15-10-2-4-14-11(6-10)3-5-13-8-11/h9-10H,2-8,12H2,1H3. The molecule has 2 saturated heterocycles. The van der Waals surface area contributed by atoms with Crippen LogP contribution in [0.4, 0.5) is 0 Å². The summed E-state index contributed by atoms with van der Waals surface area (Å²) in [5, 5.41) is 1.27. The Hall–Kier alpha value is 0.230. The molecule has 3 nitrogen and oxygen atoms in total. The van der Waals surface area contributed by atoms with Crippen molar-refractivity contribution in [3.63, 3.8) is 0 Å². The highest BCUT2D eigenvalue weighted by Crippen LogP contribution is 2.38. The molecule has 2 rings (SSSR count). The predicted molar refractivity (Wildman–Crippen MR) is 63.2 cm³/mol. The molecular weight excluding hydrogens is 210 g/mol. The van der Waals surface area contributed by atoms with E-state index in [-0.39, 0.29) is 5.60 Å². The van der Waals surface area contributed by atoms with Gasteiger partial charge in [-0.25, -0.2) is 0 Å². The maximum Gasteiger partial charge on any atom is 0.0947 e. The van der Waals surface area contributed by atoms with Crippen molar-refractivity contribution in [1.29, 1.82) is 0 Å². The van der Waals surface area contributed by atoms with E-state index in [0.29, 0.717) is 10.5 Å². The molecule has 2 N–H and O–H groups in total. The molecule has 0 bridgehead atoms. The molecule has 0 aromatic rings. The van der Waals surface area contributed by atoms with Gasteiger partial charge in [-0.15, -0.1) is 0 Å². The van der Waals surface area contributed by atoms with E-state index in [1.165, 1.54) is 0 Å². The summed E-state index contributed by atoms with van der Waals surface area (Å²) >= 11 is 2.02. The fourth-order valence-corrected chi connectivity index (χ4v) is 3.75. The summed E-state index contributed by atoms with van der Waals surface area (Å²) in [5.74, 6) is 0. The van der Waals surface area contributed by atoms with Gasteiger partial charge in [-0.1, -0.05) is 6.92 Å². The topological polar surface area (TPSA) is 44.5 Å². The molecule has 3 atom stereocenters. The van der Waals surface area contributed by atoms with Crippen LogP contribution in [0.25, 0.3) is 0 Å². The number of nitrogens with two attached hydrogens (primary N) is 1. The zero-order valence-electron chi connectivity index (χ0n) is 9.41. The first-order chi connectivity index (χ1) is 7.24. The van der Waals surface area contributed by atoms with Crippen LogP contribution >= 0.6 is 11.8 Å². The van der Waals surface area contributed by atoms with Gasteiger partial charge in [-0.3, -0.25) is 0 Å². The highest BCUT2D eigenvalue weighted by Gasteiger charge is 2.41. The van der Waals surface area contributed by atoms with Gasteiger partial charge in [0.2, 0.25) is 0 Å². The first-order valence-corrected chi connectivity index (χ1v) is 6.76. The number of rotatable bonds is 3. The molecule has 0 amide bonds. The van der Waals surface area contributed by atoms with Gasteiger partial charge in [-0.05, 0) is 12.8 Å². The largest absolute Gasteiger partial charge is 0.378 e. The number of thioether (sulfide) groups is 1. The van der Waals surface area contributed by atoms with Crippen LogP contribution in [0.5, 0.6) is 0 Å². The van der Waals surface area contributed by atoms with Crippen molar-refractivity contribution in [2.45, 2.75) is 42.3 Å². The van der Waals surface area contributed by atoms with E-state index in [2.05, 4.69) is 6.92 Å². The normalized spacial score (nSPS) is 38.4. The molecule has 0 aromatic heterocycles. The molecule has 88 valence electrons. The summed E-state index contributed by atoms with van der Waals surface area (Å²) in [4.78, 5) is 0. The van der Waals surface area contributed by atoms with E-state index in [9.17, 15) is 0 Å². The summed E-state index contributed by atoms with van der Waals surface area (Å²) in [6, 6.07) is 0. The second kappa shape index (κ2) is 5.04.